The molecule has 0 spiro atoms. The first kappa shape index (κ1) is 21.9. The van der Waals surface area contributed by atoms with Gasteiger partial charge in [-0.3, -0.25) is 4.79 Å². The molecule has 1 aliphatic heterocycles. The van der Waals surface area contributed by atoms with E-state index in [4.69, 9.17) is 9.47 Å². The fourth-order valence-corrected chi connectivity index (χ4v) is 3.43. The largest absolute Gasteiger partial charge is 0.490 e. The van der Waals surface area contributed by atoms with E-state index in [2.05, 4.69) is 5.32 Å². The Bertz CT molecular complexity index is 706. The molecule has 7 nitrogen and oxygen atoms in total. The second-order valence-electron chi connectivity index (χ2n) is 7.78. The summed E-state index contributed by atoms with van der Waals surface area (Å²) in [4.78, 5) is 25.8. The van der Waals surface area contributed by atoms with Crippen molar-refractivity contribution in [2.24, 2.45) is 11.3 Å². The van der Waals surface area contributed by atoms with Gasteiger partial charge in [0.1, 0.15) is 0 Å². The highest BCUT2D eigenvalue weighted by atomic mass is 16.5. The number of hydrogen-bond donors (Lipinski definition) is 2. The molecule has 1 aromatic carbocycles. The zero-order valence-corrected chi connectivity index (χ0v) is 17.4. The Balaban J connectivity index is 2.18. The minimum absolute atomic E-state index is 0.143. The van der Waals surface area contributed by atoms with Gasteiger partial charge >= 0.3 is 12.0 Å². The summed E-state index contributed by atoms with van der Waals surface area (Å²) in [5.41, 5.74) is 0.0433. The van der Waals surface area contributed by atoms with Crippen LogP contribution in [0.2, 0.25) is 0 Å². The van der Waals surface area contributed by atoms with Crippen LogP contribution < -0.4 is 14.8 Å². The smallest absolute Gasteiger partial charge is 0.317 e. The van der Waals surface area contributed by atoms with Gasteiger partial charge < -0.3 is 24.8 Å². The highest BCUT2D eigenvalue weighted by Gasteiger charge is 2.42. The third-order valence-corrected chi connectivity index (χ3v) is 5.15. The fourth-order valence-electron chi connectivity index (χ4n) is 3.43. The predicted molar refractivity (Wildman–Crippen MR) is 107 cm³/mol. The maximum absolute atomic E-state index is 12.8. The summed E-state index contributed by atoms with van der Waals surface area (Å²) in [6, 6.07) is 5.24. The second kappa shape index (κ2) is 9.17. The van der Waals surface area contributed by atoms with Gasteiger partial charge in [-0.25, -0.2) is 4.79 Å². The number of likely N-dealkylation sites (tertiary alicyclic amines) is 1. The molecule has 2 amide bonds. The van der Waals surface area contributed by atoms with Crippen molar-refractivity contribution in [1.29, 1.82) is 0 Å². The molecule has 1 saturated heterocycles. The topological polar surface area (TPSA) is 88.1 Å². The third kappa shape index (κ3) is 4.88. The van der Waals surface area contributed by atoms with Gasteiger partial charge in [-0.2, -0.15) is 0 Å². The standard InChI is InChI=1S/C21H32N2O5/c1-6-27-16-9-8-15(12-17(16)28-7-2)18(14(3)4)22-20(26)23-11-10-21(5,13-23)19(24)25/h8-9,12,14,18H,6-7,10-11,13H2,1-5H3,(H,22,26)(H,24,25). The minimum atomic E-state index is -0.883. The van der Waals surface area contributed by atoms with Crippen molar-refractivity contribution in [2.45, 2.75) is 47.1 Å². The highest BCUT2D eigenvalue weighted by Crippen LogP contribution is 2.34. The van der Waals surface area contributed by atoms with Crippen molar-refractivity contribution >= 4 is 12.0 Å². The molecule has 0 saturated carbocycles. The number of urea groups is 1. The average molecular weight is 392 g/mol. The minimum Gasteiger partial charge on any atom is -0.490 e. The molecule has 2 unspecified atom stereocenters. The first-order valence-electron chi connectivity index (χ1n) is 9.90. The van der Waals surface area contributed by atoms with Crippen molar-refractivity contribution in [2.75, 3.05) is 26.3 Å². The summed E-state index contributed by atoms with van der Waals surface area (Å²) < 4.78 is 11.3. The van der Waals surface area contributed by atoms with E-state index in [-0.39, 0.29) is 24.5 Å². The number of carbonyl (C=O) groups excluding carboxylic acids is 1. The molecule has 0 radical (unpaired) electrons. The fraction of sp³-hybridized carbons (Fsp3) is 0.619. The van der Waals surface area contributed by atoms with Gasteiger partial charge in [-0.05, 0) is 50.8 Å². The van der Waals surface area contributed by atoms with Crippen LogP contribution in [-0.2, 0) is 4.79 Å². The first-order valence-corrected chi connectivity index (χ1v) is 9.90. The van der Waals surface area contributed by atoms with Crippen molar-refractivity contribution in [3.63, 3.8) is 0 Å². The third-order valence-electron chi connectivity index (χ3n) is 5.15. The molecule has 156 valence electrons. The Kier molecular flexibility index (Phi) is 7.16. The highest BCUT2D eigenvalue weighted by molar-refractivity contribution is 5.79. The van der Waals surface area contributed by atoms with Crippen molar-refractivity contribution in [3.05, 3.63) is 23.8 Å². The van der Waals surface area contributed by atoms with Gasteiger partial charge in [0, 0.05) is 13.1 Å². The number of rotatable bonds is 8. The molecule has 28 heavy (non-hydrogen) atoms. The van der Waals surface area contributed by atoms with Gasteiger partial charge in [-0.1, -0.05) is 19.9 Å². The Morgan fingerprint density at radius 3 is 2.39 bits per heavy atom. The van der Waals surface area contributed by atoms with Gasteiger partial charge in [-0.15, -0.1) is 0 Å². The van der Waals surface area contributed by atoms with E-state index >= 15 is 0 Å². The molecule has 1 aromatic rings. The second-order valence-corrected chi connectivity index (χ2v) is 7.78. The Morgan fingerprint density at radius 2 is 1.86 bits per heavy atom. The number of carboxylic acids is 1. The molecule has 2 atom stereocenters. The Morgan fingerprint density at radius 1 is 1.21 bits per heavy atom. The van der Waals surface area contributed by atoms with Crippen LogP contribution in [0.5, 0.6) is 11.5 Å². The lowest BCUT2D eigenvalue weighted by molar-refractivity contribution is -0.147. The SMILES string of the molecule is CCOc1ccc(C(NC(=O)N2CCC(C)(C(=O)O)C2)C(C)C)cc1OCC. The maximum Gasteiger partial charge on any atom is 0.317 e. The van der Waals surface area contributed by atoms with Crippen molar-refractivity contribution in [3.8, 4) is 11.5 Å². The van der Waals surface area contributed by atoms with Crippen LogP contribution in [0.1, 0.15) is 52.6 Å². The number of ether oxygens (including phenoxy) is 2. The van der Waals surface area contributed by atoms with E-state index in [1.54, 1.807) is 11.8 Å². The van der Waals surface area contributed by atoms with Gasteiger partial charge in [0.2, 0.25) is 0 Å². The number of amides is 2. The summed E-state index contributed by atoms with van der Waals surface area (Å²) in [5.74, 6) is 0.612. The van der Waals surface area contributed by atoms with E-state index in [0.29, 0.717) is 37.7 Å². The lowest BCUT2D eigenvalue weighted by Gasteiger charge is -2.27. The van der Waals surface area contributed by atoms with E-state index in [9.17, 15) is 14.7 Å². The van der Waals surface area contributed by atoms with E-state index < -0.39 is 11.4 Å². The summed E-state index contributed by atoms with van der Waals surface area (Å²) in [6.45, 7) is 11.3. The number of carbonyl (C=O) groups is 2. The monoisotopic (exact) mass is 392 g/mol. The molecule has 0 aliphatic carbocycles. The average Bonchev–Trinajstić information content (AvgIpc) is 3.05. The normalized spacial score (nSPS) is 20.1. The quantitative estimate of drug-likeness (QED) is 0.704. The van der Waals surface area contributed by atoms with Crippen LogP contribution in [0.4, 0.5) is 4.79 Å². The van der Waals surface area contributed by atoms with Crippen molar-refractivity contribution in [1.82, 2.24) is 10.2 Å². The van der Waals surface area contributed by atoms with E-state index in [1.807, 2.05) is 45.9 Å². The molecule has 2 N–H and O–H groups in total. The molecule has 0 bridgehead atoms. The summed E-state index contributed by atoms with van der Waals surface area (Å²) >= 11 is 0. The number of hydrogen-bond acceptors (Lipinski definition) is 4. The lowest BCUT2D eigenvalue weighted by atomic mass is 9.90. The number of nitrogens with zero attached hydrogens (tertiary/aromatic N) is 1. The van der Waals surface area contributed by atoms with Crippen LogP contribution in [-0.4, -0.2) is 48.3 Å². The van der Waals surface area contributed by atoms with Crippen molar-refractivity contribution < 1.29 is 24.2 Å². The molecule has 7 heteroatoms. The molecule has 1 fully saturated rings. The first-order chi connectivity index (χ1) is 13.2. The van der Waals surface area contributed by atoms with E-state index in [0.717, 1.165) is 5.56 Å². The molecule has 2 rings (SSSR count). The summed E-state index contributed by atoms with van der Waals surface area (Å²) in [7, 11) is 0. The molecular weight excluding hydrogens is 360 g/mol. The predicted octanol–water partition coefficient (Wildman–Crippen LogP) is 3.69. The van der Waals surface area contributed by atoms with Crippen LogP contribution in [0.25, 0.3) is 0 Å². The number of benzene rings is 1. The summed E-state index contributed by atoms with van der Waals surface area (Å²) in [6.07, 6.45) is 0.458. The maximum atomic E-state index is 12.8. The van der Waals surface area contributed by atoms with Crippen LogP contribution in [0.15, 0.2) is 18.2 Å². The van der Waals surface area contributed by atoms with Crippen LogP contribution in [0, 0.1) is 11.3 Å². The Hall–Kier alpha value is -2.44. The summed E-state index contributed by atoms with van der Waals surface area (Å²) in [5, 5.41) is 12.5. The molecule has 1 aliphatic rings. The zero-order chi connectivity index (χ0) is 20.9. The van der Waals surface area contributed by atoms with E-state index in [1.165, 1.54) is 0 Å². The Labute approximate surface area is 167 Å². The van der Waals surface area contributed by atoms with Gasteiger partial charge in [0.15, 0.2) is 11.5 Å². The van der Waals surface area contributed by atoms with Crippen LogP contribution in [0.3, 0.4) is 0 Å². The van der Waals surface area contributed by atoms with Crippen LogP contribution >= 0.6 is 0 Å². The van der Waals surface area contributed by atoms with Gasteiger partial charge in [0.25, 0.3) is 0 Å². The number of aliphatic carboxylic acids is 1. The number of nitrogens with one attached hydrogen (secondary N) is 1. The molecule has 1 heterocycles. The lowest BCUT2D eigenvalue weighted by Crippen LogP contribution is -2.43. The van der Waals surface area contributed by atoms with Gasteiger partial charge in [0.05, 0.1) is 24.7 Å². The zero-order valence-electron chi connectivity index (χ0n) is 17.4. The molecule has 0 aromatic heterocycles. The molecular formula is C21H32N2O5. The number of carboxylic acid groups (broad SMARTS) is 1.